The molecule has 5 heteroatoms. The lowest BCUT2D eigenvalue weighted by Gasteiger charge is -2.37. The Hall–Kier alpha value is -3.15. The molecule has 1 aliphatic heterocycles. The Morgan fingerprint density at radius 2 is 1.42 bits per heavy atom. The molecule has 1 amide bonds. The van der Waals surface area contributed by atoms with Crippen molar-refractivity contribution in [3.8, 4) is 0 Å². The number of nitrogens with zero attached hydrogens (tertiary/aromatic N) is 1. The number of hydrogen-bond acceptors (Lipinski definition) is 3. The van der Waals surface area contributed by atoms with Gasteiger partial charge in [0.25, 0.3) is 5.91 Å². The first-order chi connectivity index (χ1) is 18.6. The van der Waals surface area contributed by atoms with Crippen molar-refractivity contribution in [1.82, 2.24) is 10.2 Å². The molecule has 1 aliphatic rings. The maximum absolute atomic E-state index is 13.0. The van der Waals surface area contributed by atoms with Gasteiger partial charge >= 0.3 is 0 Å². The molecule has 0 unspecified atom stereocenters. The molecule has 4 aromatic rings. The van der Waals surface area contributed by atoms with Gasteiger partial charge < -0.3 is 14.6 Å². The third kappa shape index (κ3) is 6.28. The Bertz CT molecular complexity index is 1240. The highest BCUT2D eigenvalue weighted by molar-refractivity contribution is 9.10. The molecule has 4 nitrogen and oxygen atoms in total. The normalized spacial score (nSPS) is 14.9. The second-order valence-electron chi connectivity index (χ2n) is 10.2. The Morgan fingerprint density at radius 3 is 1.97 bits per heavy atom. The number of halogens is 1. The van der Waals surface area contributed by atoms with E-state index < -0.39 is 0 Å². The van der Waals surface area contributed by atoms with Crippen LogP contribution in [-0.2, 0) is 5.41 Å². The van der Waals surface area contributed by atoms with E-state index in [-0.39, 0.29) is 11.3 Å². The number of furan rings is 1. The molecular formula is C33H35BrN2O2. The van der Waals surface area contributed by atoms with Crippen molar-refractivity contribution >= 4 is 21.8 Å². The van der Waals surface area contributed by atoms with Gasteiger partial charge in [-0.25, -0.2) is 0 Å². The standard InChI is InChI=1S/C33H35BrN2O2/c34-31-18-17-30(38-31)32(37)35-25-33(28-13-6-2-7-14-28,29-15-8-3-9-16-29)21-10-22-36-23-19-27(20-24-36)26-11-4-1-5-12-26/h1-9,11-18,27H,10,19-25H2,(H,35,37). The van der Waals surface area contributed by atoms with Gasteiger partial charge in [-0.1, -0.05) is 91.0 Å². The molecule has 0 saturated carbocycles. The van der Waals surface area contributed by atoms with Crippen molar-refractivity contribution in [2.75, 3.05) is 26.2 Å². The Kier molecular flexibility index (Phi) is 8.77. The zero-order valence-electron chi connectivity index (χ0n) is 21.7. The lowest BCUT2D eigenvalue weighted by Crippen LogP contribution is -2.42. The van der Waals surface area contributed by atoms with Crippen LogP contribution in [0.4, 0.5) is 0 Å². The molecule has 0 radical (unpaired) electrons. The molecule has 1 aromatic heterocycles. The van der Waals surface area contributed by atoms with Gasteiger partial charge in [-0.3, -0.25) is 4.79 Å². The first kappa shape index (κ1) is 26.5. The lowest BCUT2D eigenvalue weighted by atomic mass is 9.71. The zero-order valence-corrected chi connectivity index (χ0v) is 23.3. The van der Waals surface area contributed by atoms with Gasteiger partial charge in [-0.15, -0.1) is 0 Å². The number of nitrogens with one attached hydrogen (secondary N) is 1. The number of rotatable bonds is 10. The van der Waals surface area contributed by atoms with E-state index in [4.69, 9.17) is 4.42 Å². The van der Waals surface area contributed by atoms with Gasteiger partial charge in [-0.05, 0) is 96.0 Å². The highest BCUT2D eigenvalue weighted by atomic mass is 79.9. The second-order valence-corrected chi connectivity index (χ2v) is 11.0. The molecular weight excluding hydrogens is 536 g/mol. The minimum atomic E-state index is -0.343. The SMILES string of the molecule is O=C(NCC(CCCN1CCC(c2ccccc2)CC1)(c1ccccc1)c1ccccc1)c1ccc(Br)o1. The topological polar surface area (TPSA) is 45.5 Å². The molecule has 0 aliphatic carbocycles. The summed E-state index contributed by atoms with van der Waals surface area (Å²) in [7, 11) is 0. The quantitative estimate of drug-likeness (QED) is 0.216. The van der Waals surface area contributed by atoms with Crippen LogP contribution in [0.1, 0.15) is 58.8 Å². The predicted molar refractivity (Wildman–Crippen MR) is 156 cm³/mol. The van der Waals surface area contributed by atoms with Crippen molar-refractivity contribution in [2.45, 2.75) is 37.0 Å². The summed E-state index contributed by atoms with van der Waals surface area (Å²) in [5.41, 5.74) is 3.56. The van der Waals surface area contributed by atoms with E-state index in [1.165, 1.54) is 29.5 Å². The zero-order chi connectivity index (χ0) is 26.2. The minimum absolute atomic E-state index is 0.199. The summed E-state index contributed by atoms with van der Waals surface area (Å²) in [6.45, 7) is 3.82. The molecule has 0 bridgehead atoms. The molecule has 1 N–H and O–H groups in total. The van der Waals surface area contributed by atoms with Crippen molar-refractivity contribution in [3.05, 3.63) is 130 Å². The van der Waals surface area contributed by atoms with Gasteiger partial charge in [0, 0.05) is 12.0 Å². The number of benzene rings is 3. The summed E-state index contributed by atoms with van der Waals surface area (Å²) in [5, 5.41) is 3.20. The van der Waals surface area contributed by atoms with E-state index in [1.54, 1.807) is 12.1 Å². The van der Waals surface area contributed by atoms with E-state index in [9.17, 15) is 4.79 Å². The predicted octanol–water partition coefficient (Wildman–Crippen LogP) is 7.42. The smallest absolute Gasteiger partial charge is 0.287 e. The van der Waals surface area contributed by atoms with Crippen molar-refractivity contribution in [1.29, 1.82) is 0 Å². The third-order valence-electron chi connectivity index (χ3n) is 7.94. The van der Waals surface area contributed by atoms with Gasteiger partial charge in [-0.2, -0.15) is 0 Å². The Balaban J connectivity index is 1.31. The van der Waals surface area contributed by atoms with Crippen LogP contribution in [0, 0.1) is 0 Å². The van der Waals surface area contributed by atoms with Crippen LogP contribution in [0.25, 0.3) is 0 Å². The number of amides is 1. The molecule has 0 spiro atoms. The summed E-state index contributed by atoms with van der Waals surface area (Å²) in [5.74, 6) is 0.778. The fourth-order valence-corrected chi connectivity index (χ4v) is 6.14. The van der Waals surface area contributed by atoms with E-state index in [0.29, 0.717) is 22.9 Å². The van der Waals surface area contributed by atoms with Crippen LogP contribution in [0.15, 0.2) is 112 Å². The molecule has 5 rings (SSSR count). The van der Waals surface area contributed by atoms with Crippen LogP contribution in [0.2, 0.25) is 0 Å². The van der Waals surface area contributed by atoms with Crippen molar-refractivity contribution in [2.24, 2.45) is 0 Å². The molecule has 2 heterocycles. The van der Waals surface area contributed by atoms with Crippen LogP contribution < -0.4 is 5.32 Å². The van der Waals surface area contributed by atoms with Gasteiger partial charge in [0.05, 0.1) is 0 Å². The maximum Gasteiger partial charge on any atom is 0.287 e. The minimum Gasteiger partial charge on any atom is -0.444 e. The van der Waals surface area contributed by atoms with Crippen LogP contribution >= 0.6 is 15.9 Å². The first-order valence-electron chi connectivity index (χ1n) is 13.6. The number of piperidine rings is 1. The second kappa shape index (κ2) is 12.6. The summed E-state index contributed by atoms with van der Waals surface area (Å²) < 4.78 is 6.07. The average molecular weight is 572 g/mol. The fourth-order valence-electron chi connectivity index (χ4n) is 5.84. The fraction of sp³-hybridized carbons (Fsp3) is 0.303. The van der Waals surface area contributed by atoms with Gasteiger partial charge in [0.2, 0.25) is 0 Å². The molecule has 1 fully saturated rings. The van der Waals surface area contributed by atoms with Crippen LogP contribution in [-0.4, -0.2) is 37.0 Å². The van der Waals surface area contributed by atoms with E-state index in [2.05, 4.69) is 117 Å². The largest absolute Gasteiger partial charge is 0.444 e. The molecule has 3 aromatic carbocycles. The van der Waals surface area contributed by atoms with Gasteiger partial charge in [0.15, 0.2) is 10.4 Å². The number of hydrogen-bond donors (Lipinski definition) is 1. The third-order valence-corrected chi connectivity index (χ3v) is 8.36. The van der Waals surface area contributed by atoms with Crippen LogP contribution in [0.3, 0.4) is 0 Å². The number of carbonyl (C=O) groups is 1. The van der Waals surface area contributed by atoms with E-state index in [1.807, 2.05) is 0 Å². The molecule has 196 valence electrons. The lowest BCUT2D eigenvalue weighted by molar-refractivity contribution is 0.0915. The average Bonchev–Trinajstić information content (AvgIpc) is 3.43. The van der Waals surface area contributed by atoms with E-state index >= 15 is 0 Å². The Labute approximate surface area is 234 Å². The summed E-state index contributed by atoms with van der Waals surface area (Å²) in [6.07, 6.45) is 4.40. The maximum atomic E-state index is 13.0. The summed E-state index contributed by atoms with van der Waals surface area (Å²) in [4.78, 5) is 15.6. The summed E-state index contributed by atoms with van der Waals surface area (Å²) >= 11 is 3.30. The number of likely N-dealkylation sites (tertiary alicyclic amines) is 1. The highest BCUT2D eigenvalue weighted by Crippen LogP contribution is 2.37. The first-order valence-corrected chi connectivity index (χ1v) is 14.4. The van der Waals surface area contributed by atoms with Crippen molar-refractivity contribution in [3.63, 3.8) is 0 Å². The number of carbonyl (C=O) groups excluding carboxylic acids is 1. The highest BCUT2D eigenvalue weighted by Gasteiger charge is 2.35. The Morgan fingerprint density at radius 1 is 0.842 bits per heavy atom. The molecule has 0 atom stereocenters. The molecule has 38 heavy (non-hydrogen) atoms. The van der Waals surface area contributed by atoms with Crippen LogP contribution in [0.5, 0.6) is 0 Å². The van der Waals surface area contributed by atoms with Crippen molar-refractivity contribution < 1.29 is 9.21 Å². The van der Waals surface area contributed by atoms with E-state index in [0.717, 1.165) is 32.5 Å². The summed E-state index contributed by atoms with van der Waals surface area (Å²) in [6, 6.07) is 35.6. The molecule has 1 saturated heterocycles. The van der Waals surface area contributed by atoms with Gasteiger partial charge in [0.1, 0.15) is 0 Å². The monoisotopic (exact) mass is 570 g/mol.